The molecule has 5 N–H and O–H groups in total. The van der Waals surface area contributed by atoms with Crippen LogP contribution >= 0.6 is 0 Å². The monoisotopic (exact) mass is 528 g/mol. The number of carbonyl (C=O) groups excluding carboxylic acids is 1. The third kappa shape index (κ3) is 4.90. The lowest BCUT2D eigenvalue weighted by molar-refractivity contribution is 0.0516. The van der Waals surface area contributed by atoms with Gasteiger partial charge in [-0.3, -0.25) is 0 Å². The highest BCUT2D eigenvalue weighted by Gasteiger charge is 2.33. The number of aromatic carboxylic acids is 1. The second-order valence-electron chi connectivity index (χ2n) is 9.25. The summed E-state index contributed by atoms with van der Waals surface area (Å²) in [7, 11) is 0. The molecule has 5 aromatic carbocycles. The van der Waals surface area contributed by atoms with Crippen LogP contribution in [0, 0.1) is 0 Å². The SMILES string of the molecule is CCOC(=O)c1c(C(=O)O)c(-c2ccc(N)cc2)c(-c2ccccc2)c(-c2ccccc2)c1-c1ccc(N)cc1. The predicted octanol–water partition coefficient (Wildman–Crippen LogP) is 7.39. The lowest BCUT2D eigenvalue weighted by Crippen LogP contribution is -2.17. The zero-order valence-corrected chi connectivity index (χ0v) is 21.9. The van der Waals surface area contributed by atoms with Crippen LogP contribution in [0.15, 0.2) is 109 Å². The van der Waals surface area contributed by atoms with Gasteiger partial charge in [0.25, 0.3) is 0 Å². The van der Waals surface area contributed by atoms with E-state index in [1.165, 1.54) is 0 Å². The van der Waals surface area contributed by atoms with E-state index in [9.17, 15) is 14.7 Å². The summed E-state index contributed by atoms with van der Waals surface area (Å²) in [6, 6.07) is 33.2. The fourth-order valence-corrected chi connectivity index (χ4v) is 5.04. The topological polar surface area (TPSA) is 116 Å². The molecular formula is C34H28N2O4. The van der Waals surface area contributed by atoms with Gasteiger partial charge in [0.2, 0.25) is 0 Å². The van der Waals surface area contributed by atoms with E-state index in [2.05, 4.69) is 0 Å². The third-order valence-electron chi connectivity index (χ3n) is 6.72. The van der Waals surface area contributed by atoms with Crippen LogP contribution in [0.4, 0.5) is 11.4 Å². The lowest BCUT2D eigenvalue weighted by Gasteiger charge is -2.26. The molecule has 0 aromatic heterocycles. The van der Waals surface area contributed by atoms with Crippen molar-refractivity contribution < 1.29 is 19.4 Å². The van der Waals surface area contributed by atoms with Crippen molar-refractivity contribution in [2.24, 2.45) is 0 Å². The second-order valence-corrected chi connectivity index (χ2v) is 9.25. The fourth-order valence-electron chi connectivity index (χ4n) is 5.04. The molecule has 0 heterocycles. The highest BCUT2D eigenvalue weighted by atomic mass is 16.5. The van der Waals surface area contributed by atoms with Crippen LogP contribution in [-0.4, -0.2) is 23.7 Å². The summed E-state index contributed by atoms with van der Waals surface area (Å²) in [6.45, 7) is 1.77. The molecule has 6 heteroatoms. The first kappa shape index (κ1) is 26.3. The number of nitrogen functional groups attached to an aromatic ring is 2. The van der Waals surface area contributed by atoms with Crippen molar-refractivity contribution >= 4 is 23.3 Å². The Morgan fingerprint density at radius 3 is 1.32 bits per heavy atom. The van der Waals surface area contributed by atoms with Crippen LogP contribution in [0.5, 0.6) is 0 Å². The van der Waals surface area contributed by atoms with E-state index < -0.39 is 11.9 Å². The Labute approximate surface area is 232 Å². The maximum atomic E-state index is 13.8. The number of nitrogens with two attached hydrogens (primary N) is 2. The zero-order valence-electron chi connectivity index (χ0n) is 21.9. The van der Waals surface area contributed by atoms with Gasteiger partial charge in [0.15, 0.2) is 0 Å². The molecule has 0 unspecified atom stereocenters. The van der Waals surface area contributed by atoms with Gasteiger partial charge in [-0.2, -0.15) is 0 Å². The van der Waals surface area contributed by atoms with E-state index in [-0.39, 0.29) is 17.7 Å². The van der Waals surface area contributed by atoms with Gasteiger partial charge in [-0.05, 0) is 64.6 Å². The minimum absolute atomic E-state index is 0.0236. The van der Waals surface area contributed by atoms with Crippen LogP contribution < -0.4 is 11.5 Å². The van der Waals surface area contributed by atoms with E-state index in [1.807, 2.05) is 60.7 Å². The number of carboxylic acid groups (broad SMARTS) is 1. The molecule has 0 fully saturated rings. The van der Waals surface area contributed by atoms with Crippen LogP contribution in [0.3, 0.4) is 0 Å². The van der Waals surface area contributed by atoms with Crippen molar-refractivity contribution in [1.29, 1.82) is 0 Å². The van der Waals surface area contributed by atoms with Crippen molar-refractivity contribution in [3.8, 4) is 44.5 Å². The number of benzene rings is 5. The highest BCUT2D eigenvalue weighted by Crippen LogP contribution is 2.50. The number of rotatable bonds is 7. The first-order valence-electron chi connectivity index (χ1n) is 12.9. The highest BCUT2D eigenvalue weighted by molar-refractivity contribution is 6.19. The first-order chi connectivity index (χ1) is 19.4. The quantitative estimate of drug-likeness (QED) is 0.150. The summed E-state index contributed by atoms with van der Waals surface area (Å²) in [4.78, 5) is 27.0. The van der Waals surface area contributed by atoms with Gasteiger partial charge in [0, 0.05) is 22.5 Å². The number of carbonyl (C=O) groups is 2. The van der Waals surface area contributed by atoms with Gasteiger partial charge in [0.05, 0.1) is 17.7 Å². The van der Waals surface area contributed by atoms with Gasteiger partial charge in [-0.15, -0.1) is 0 Å². The molecule has 0 amide bonds. The summed E-state index contributed by atoms with van der Waals surface area (Å²) in [5, 5.41) is 10.8. The van der Waals surface area contributed by atoms with Gasteiger partial charge < -0.3 is 21.3 Å². The number of esters is 1. The van der Waals surface area contributed by atoms with Crippen LogP contribution in [0.25, 0.3) is 44.5 Å². The van der Waals surface area contributed by atoms with E-state index >= 15 is 0 Å². The second kappa shape index (κ2) is 11.2. The summed E-state index contributed by atoms with van der Waals surface area (Å²) < 4.78 is 5.50. The Hall–Kier alpha value is -5.36. The maximum Gasteiger partial charge on any atom is 0.339 e. The van der Waals surface area contributed by atoms with Crippen molar-refractivity contribution in [2.45, 2.75) is 6.92 Å². The summed E-state index contributed by atoms with van der Waals surface area (Å²) in [5.74, 6) is -1.97. The average Bonchev–Trinajstić information content (AvgIpc) is 2.97. The average molecular weight is 529 g/mol. The van der Waals surface area contributed by atoms with Gasteiger partial charge in [-0.1, -0.05) is 84.9 Å². The van der Waals surface area contributed by atoms with Gasteiger partial charge >= 0.3 is 11.9 Å². The van der Waals surface area contributed by atoms with E-state index in [0.717, 1.165) is 11.1 Å². The minimum atomic E-state index is -1.25. The van der Waals surface area contributed by atoms with Crippen molar-refractivity contribution in [1.82, 2.24) is 0 Å². The molecule has 0 bridgehead atoms. The number of carboxylic acids is 1. The predicted molar refractivity (Wildman–Crippen MR) is 160 cm³/mol. The Morgan fingerprint density at radius 1 is 0.575 bits per heavy atom. The van der Waals surface area contributed by atoms with Crippen LogP contribution in [0.2, 0.25) is 0 Å². The van der Waals surface area contributed by atoms with E-state index in [1.54, 1.807) is 55.5 Å². The lowest BCUT2D eigenvalue weighted by atomic mass is 9.77. The number of hydrogen-bond donors (Lipinski definition) is 3. The number of ether oxygens (including phenoxy) is 1. The molecule has 0 spiro atoms. The molecule has 0 aliphatic rings. The number of hydrogen-bond acceptors (Lipinski definition) is 5. The molecule has 0 aliphatic heterocycles. The first-order valence-corrected chi connectivity index (χ1v) is 12.9. The molecule has 0 aliphatic carbocycles. The Morgan fingerprint density at radius 2 is 0.950 bits per heavy atom. The summed E-state index contributed by atoms with van der Waals surface area (Å²) in [6.07, 6.45) is 0. The molecule has 40 heavy (non-hydrogen) atoms. The summed E-state index contributed by atoms with van der Waals surface area (Å²) in [5.41, 5.74) is 18.0. The largest absolute Gasteiger partial charge is 0.478 e. The normalized spacial score (nSPS) is 10.7. The fraction of sp³-hybridized carbons (Fsp3) is 0.0588. The van der Waals surface area contributed by atoms with E-state index in [4.69, 9.17) is 16.2 Å². The standard InChI is InChI=1S/C34H28N2O4/c1-2-40-34(39)32-30(24-15-19-26(36)20-16-24)28(22-11-7-4-8-12-22)27(21-9-5-3-6-10-21)29(31(32)33(37)38)23-13-17-25(35)18-14-23/h3-20H,2,35-36H2,1H3,(H,37,38). The zero-order chi connectivity index (χ0) is 28.2. The molecule has 0 radical (unpaired) electrons. The van der Waals surface area contributed by atoms with Crippen LogP contribution in [-0.2, 0) is 4.74 Å². The van der Waals surface area contributed by atoms with Gasteiger partial charge in [-0.25, -0.2) is 9.59 Å². The molecule has 198 valence electrons. The van der Waals surface area contributed by atoms with Gasteiger partial charge in [0.1, 0.15) is 0 Å². The molecule has 0 saturated carbocycles. The van der Waals surface area contributed by atoms with Crippen LogP contribution in [0.1, 0.15) is 27.6 Å². The Balaban J connectivity index is 2.11. The van der Waals surface area contributed by atoms with Crippen molar-refractivity contribution in [3.05, 3.63) is 120 Å². The van der Waals surface area contributed by atoms with E-state index in [0.29, 0.717) is 44.8 Å². The van der Waals surface area contributed by atoms with Crippen molar-refractivity contribution in [2.75, 3.05) is 18.1 Å². The Bertz CT molecular complexity index is 1680. The molecule has 0 saturated heterocycles. The molecule has 5 rings (SSSR count). The Kier molecular flexibility index (Phi) is 7.33. The molecule has 0 atom stereocenters. The smallest absolute Gasteiger partial charge is 0.339 e. The maximum absolute atomic E-state index is 13.8. The third-order valence-corrected chi connectivity index (χ3v) is 6.72. The minimum Gasteiger partial charge on any atom is -0.478 e. The molecular weight excluding hydrogens is 500 g/mol. The molecule has 6 nitrogen and oxygen atoms in total. The summed E-state index contributed by atoms with van der Waals surface area (Å²) >= 11 is 0. The van der Waals surface area contributed by atoms with Crippen molar-refractivity contribution in [3.63, 3.8) is 0 Å². The molecule has 5 aromatic rings. The number of anilines is 2.